The van der Waals surface area contributed by atoms with Gasteiger partial charge in [0.1, 0.15) is 5.60 Å². The zero-order valence-electron chi connectivity index (χ0n) is 17.5. The van der Waals surface area contributed by atoms with Crippen LogP contribution in [0.15, 0.2) is 53.9 Å². The molecule has 0 atom stereocenters. The van der Waals surface area contributed by atoms with Crippen molar-refractivity contribution >= 4 is 34.7 Å². The molecule has 2 amide bonds. The van der Waals surface area contributed by atoms with E-state index in [9.17, 15) is 9.59 Å². The van der Waals surface area contributed by atoms with Crippen LogP contribution in [0.2, 0.25) is 0 Å². The summed E-state index contributed by atoms with van der Waals surface area (Å²) in [5.74, 6) is -0.111. The van der Waals surface area contributed by atoms with Crippen LogP contribution in [-0.2, 0) is 16.0 Å². The van der Waals surface area contributed by atoms with Gasteiger partial charge >= 0.3 is 6.09 Å². The standard InChI is InChI=1S/C23H25N3O3S/c1-15-24-20(14-30-15)17-7-11-18(12-8-17)25-21(27)13-16-5-9-19(10-6-16)26-22(28)29-23(2,3)4/h5-12,14H,13H2,1-4H3,(H,25,27)(H,26,28). The van der Waals surface area contributed by atoms with Gasteiger partial charge in [-0.25, -0.2) is 9.78 Å². The molecule has 0 spiro atoms. The molecule has 30 heavy (non-hydrogen) atoms. The first-order valence-corrected chi connectivity index (χ1v) is 10.5. The molecule has 2 N–H and O–H groups in total. The molecular formula is C23H25N3O3S. The predicted molar refractivity (Wildman–Crippen MR) is 121 cm³/mol. The van der Waals surface area contributed by atoms with Crippen LogP contribution in [0.3, 0.4) is 0 Å². The molecule has 3 rings (SSSR count). The number of ether oxygens (including phenoxy) is 1. The van der Waals surface area contributed by atoms with E-state index in [1.54, 1.807) is 35.6 Å². The van der Waals surface area contributed by atoms with Gasteiger partial charge < -0.3 is 10.1 Å². The highest BCUT2D eigenvalue weighted by molar-refractivity contribution is 7.09. The minimum atomic E-state index is -0.556. The number of aromatic nitrogens is 1. The molecule has 0 unspecified atom stereocenters. The third-order valence-corrected chi connectivity index (χ3v) is 4.82. The van der Waals surface area contributed by atoms with Crippen LogP contribution >= 0.6 is 11.3 Å². The Morgan fingerprint density at radius 3 is 2.13 bits per heavy atom. The number of anilines is 2. The Kier molecular flexibility index (Phi) is 6.52. The number of carbonyl (C=O) groups is 2. The number of rotatable bonds is 5. The molecule has 3 aromatic rings. The third-order valence-electron chi connectivity index (χ3n) is 4.05. The van der Waals surface area contributed by atoms with E-state index >= 15 is 0 Å². The van der Waals surface area contributed by atoms with Crippen LogP contribution in [0.25, 0.3) is 11.3 Å². The Hall–Kier alpha value is -3.19. The highest BCUT2D eigenvalue weighted by atomic mass is 32.1. The molecule has 7 heteroatoms. The SMILES string of the molecule is Cc1nc(-c2ccc(NC(=O)Cc3ccc(NC(=O)OC(C)(C)C)cc3)cc2)cs1. The van der Waals surface area contributed by atoms with E-state index in [0.29, 0.717) is 5.69 Å². The highest BCUT2D eigenvalue weighted by Gasteiger charge is 2.16. The third kappa shape index (κ3) is 6.42. The van der Waals surface area contributed by atoms with E-state index < -0.39 is 11.7 Å². The fourth-order valence-corrected chi connectivity index (χ4v) is 3.36. The zero-order chi connectivity index (χ0) is 21.7. The molecule has 1 aromatic heterocycles. The maximum absolute atomic E-state index is 12.3. The van der Waals surface area contributed by atoms with Crippen molar-refractivity contribution in [3.63, 3.8) is 0 Å². The lowest BCUT2D eigenvalue weighted by molar-refractivity contribution is -0.115. The molecule has 0 saturated heterocycles. The van der Waals surface area contributed by atoms with Gasteiger partial charge in [0, 0.05) is 22.3 Å². The molecule has 0 fully saturated rings. The van der Waals surface area contributed by atoms with Gasteiger partial charge in [0.15, 0.2) is 0 Å². The molecule has 0 aliphatic rings. The van der Waals surface area contributed by atoms with Gasteiger partial charge in [0.2, 0.25) is 5.91 Å². The number of amides is 2. The van der Waals surface area contributed by atoms with Crippen molar-refractivity contribution < 1.29 is 14.3 Å². The maximum atomic E-state index is 12.3. The van der Waals surface area contributed by atoms with Crippen LogP contribution in [0, 0.1) is 6.92 Å². The first-order valence-electron chi connectivity index (χ1n) is 9.59. The van der Waals surface area contributed by atoms with Gasteiger partial charge in [0.05, 0.1) is 17.1 Å². The van der Waals surface area contributed by atoms with E-state index in [4.69, 9.17) is 4.74 Å². The number of benzene rings is 2. The lowest BCUT2D eigenvalue weighted by Gasteiger charge is -2.19. The Bertz CT molecular complexity index is 1020. The van der Waals surface area contributed by atoms with Gasteiger partial charge in [-0.05, 0) is 57.5 Å². The summed E-state index contributed by atoms with van der Waals surface area (Å²) < 4.78 is 5.22. The van der Waals surface area contributed by atoms with E-state index in [-0.39, 0.29) is 12.3 Å². The van der Waals surface area contributed by atoms with Gasteiger partial charge in [-0.2, -0.15) is 0 Å². The molecule has 0 bridgehead atoms. The van der Waals surface area contributed by atoms with Crippen LogP contribution < -0.4 is 10.6 Å². The summed E-state index contributed by atoms with van der Waals surface area (Å²) in [6, 6.07) is 14.7. The number of nitrogens with zero attached hydrogens (tertiary/aromatic N) is 1. The van der Waals surface area contributed by atoms with Gasteiger partial charge in [-0.1, -0.05) is 24.3 Å². The van der Waals surface area contributed by atoms with Crippen molar-refractivity contribution in [2.45, 2.75) is 39.7 Å². The number of carbonyl (C=O) groups excluding carboxylic acids is 2. The summed E-state index contributed by atoms with van der Waals surface area (Å²) in [6.45, 7) is 7.40. The summed E-state index contributed by atoms with van der Waals surface area (Å²) in [5.41, 5.74) is 3.59. The van der Waals surface area contributed by atoms with E-state index in [1.165, 1.54) is 0 Å². The lowest BCUT2D eigenvalue weighted by atomic mass is 10.1. The minimum absolute atomic E-state index is 0.111. The van der Waals surface area contributed by atoms with Crippen molar-refractivity contribution in [1.82, 2.24) is 4.98 Å². The average molecular weight is 424 g/mol. The smallest absolute Gasteiger partial charge is 0.412 e. The topological polar surface area (TPSA) is 80.3 Å². The molecular weight excluding hydrogens is 398 g/mol. The largest absolute Gasteiger partial charge is 0.444 e. The normalized spacial score (nSPS) is 11.1. The van der Waals surface area contributed by atoms with Crippen LogP contribution in [0.1, 0.15) is 31.3 Å². The second-order valence-electron chi connectivity index (χ2n) is 7.88. The highest BCUT2D eigenvalue weighted by Crippen LogP contribution is 2.23. The quantitative estimate of drug-likeness (QED) is 0.556. The van der Waals surface area contributed by atoms with E-state index in [2.05, 4.69) is 15.6 Å². The fourth-order valence-electron chi connectivity index (χ4n) is 2.74. The summed E-state index contributed by atoms with van der Waals surface area (Å²) >= 11 is 1.61. The Balaban J connectivity index is 1.53. The van der Waals surface area contributed by atoms with Crippen molar-refractivity contribution in [3.05, 3.63) is 64.5 Å². The molecule has 2 aromatic carbocycles. The fraction of sp³-hybridized carbons (Fsp3) is 0.261. The Morgan fingerprint density at radius 2 is 1.57 bits per heavy atom. The number of aryl methyl sites for hydroxylation is 1. The molecule has 0 aliphatic heterocycles. The summed E-state index contributed by atoms with van der Waals surface area (Å²) in [5, 5.41) is 8.61. The van der Waals surface area contributed by atoms with E-state index in [0.717, 1.165) is 27.5 Å². The minimum Gasteiger partial charge on any atom is -0.444 e. The molecule has 6 nitrogen and oxygen atoms in total. The van der Waals surface area contributed by atoms with Crippen molar-refractivity contribution in [1.29, 1.82) is 0 Å². The number of nitrogens with one attached hydrogen (secondary N) is 2. The zero-order valence-corrected chi connectivity index (χ0v) is 18.3. The second kappa shape index (κ2) is 9.09. The summed E-state index contributed by atoms with van der Waals surface area (Å²) in [7, 11) is 0. The maximum Gasteiger partial charge on any atom is 0.412 e. The van der Waals surface area contributed by atoms with Gasteiger partial charge in [-0.15, -0.1) is 11.3 Å². The predicted octanol–water partition coefficient (Wildman–Crippen LogP) is 5.65. The molecule has 0 saturated carbocycles. The van der Waals surface area contributed by atoms with Gasteiger partial charge in [0.25, 0.3) is 0 Å². The molecule has 0 aliphatic carbocycles. The molecule has 1 heterocycles. The second-order valence-corrected chi connectivity index (χ2v) is 8.94. The van der Waals surface area contributed by atoms with Crippen LogP contribution in [-0.4, -0.2) is 22.6 Å². The van der Waals surface area contributed by atoms with Crippen molar-refractivity contribution in [2.24, 2.45) is 0 Å². The van der Waals surface area contributed by atoms with Gasteiger partial charge in [-0.3, -0.25) is 10.1 Å². The number of thiazole rings is 1. The van der Waals surface area contributed by atoms with E-state index in [1.807, 2.05) is 57.3 Å². The van der Waals surface area contributed by atoms with Crippen molar-refractivity contribution in [3.8, 4) is 11.3 Å². The van der Waals surface area contributed by atoms with Crippen LogP contribution in [0.5, 0.6) is 0 Å². The average Bonchev–Trinajstić information content (AvgIpc) is 3.09. The monoisotopic (exact) mass is 423 g/mol. The molecule has 156 valence electrons. The first kappa shape index (κ1) is 21.5. The van der Waals surface area contributed by atoms with Crippen molar-refractivity contribution in [2.75, 3.05) is 10.6 Å². The van der Waals surface area contributed by atoms with Crippen LogP contribution in [0.4, 0.5) is 16.2 Å². The summed E-state index contributed by atoms with van der Waals surface area (Å²) in [4.78, 5) is 28.6. The number of hydrogen-bond acceptors (Lipinski definition) is 5. The first-order chi connectivity index (χ1) is 14.2. The number of hydrogen-bond donors (Lipinski definition) is 2. The Labute approximate surface area is 180 Å². The lowest BCUT2D eigenvalue weighted by Crippen LogP contribution is -2.27. The summed E-state index contributed by atoms with van der Waals surface area (Å²) in [6.07, 6.45) is -0.274. The molecule has 0 radical (unpaired) electrons. The Morgan fingerprint density at radius 1 is 0.967 bits per heavy atom.